The summed E-state index contributed by atoms with van der Waals surface area (Å²) in [4.78, 5) is 14.6. The van der Waals surface area contributed by atoms with Crippen molar-refractivity contribution >= 4 is 22.5 Å². The van der Waals surface area contributed by atoms with Crippen LogP contribution >= 0.6 is 0 Å². The van der Waals surface area contributed by atoms with Crippen molar-refractivity contribution in [1.29, 1.82) is 0 Å². The number of hydrogen-bond acceptors (Lipinski definition) is 1. The molecule has 1 N–H and O–H groups in total. The van der Waals surface area contributed by atoms with Crippen LogP contribution in [0.5, 0.6) is 0 Å². The standard InChI is InChI=1S/C23H26N2O/c1-2-3-16-25(23(26)24-22-11-5-4-6-12-22)17-15-19-13-14-20-9-7-8-10-21(20)18-19/h4-14,18H,2-3,15-17H2,1H3,(H,24,26). The lowest BCUT2D eigenvalue weighted by molar-refractivity contribution is 0.211. The van der Waals surface area contributed by atoms with Crippen LogP contribution in [0.15, 0.2) is 72.8 Å². The molecule has 0 aromatic heterocycles. The third kappa shape index (κ3) is 4.85. The molecule has 0 radical (unpaired) electrons. The van der Waals surface area contributed by atoms with Crippen molar-refractivity contribution in [2.75, 3.05) is 18.4 Å². The second kappa shape index (κ2) is 9.04. The number of urea groups is 1. The fraction of sp³-hybridized carbons (Fsp3) is 0.261. The van der Waals surface area contributed by atoms with Gasteiger partial charge in [0.1, 0.15) is 0 Å². The van der Waals surface area contributed by atoms with Gasteiger partial charge in [-0.2, -0.15) is 0 Å². The molecular weight excluding hydrogens is 320 g/mol. The van der Waals surface area contributed by atoms with Crippen LogP contribution in [0, 0.1) is 0 Å². The van der Waals surface area contributed by atoms with Crippen LogP contribution in [0.4, 0.5) is 10.5 Å². The summed E-state index contributed by atoms with van der Waals surface area (Å²) in [6.07, 6.45) is 2.95. The van der Waals surface area contributed by atoms with Gasteiger partial charge in [-0.15, -0.1) is 0 Å². The molecule has 3 aromatic carbocycles. The summed E-state index contributed by atoms with van der Waals surface area (Å²) in [7, 11) is 0. The number of carbonyl (C=O) groups excluding carboxylic acids is 1. The number of para-hydroxylation sites is 1. The number of unbranched alkanes of at least 4 members (excludes halogenated alkanes) is 1. The van der Waals surface area contributed by atoms with Crippen molar-refractivity contribution in [1.82, 2.24) is 4.90 Å². The Morgan fingerprint density at radius 3 is 2.38 bits per heavy atom. The van der Waals surface area contributed by atoms with Crippen LogP contribution in [0.3, 0.4) is 0 Å². The molecule has 0 aliphatic carbocycles. The predicted molar refractivity (Wildman–Crippen MR) is 110 cm³/mol. The van der Waals surface area contributed by atoms with Crippen LogP contribution in [-0.4, -0.2) is 24.0 Å². The zero-order valence-corrected chi connectivity index (χ0v) is 15.3. The first-order valence-corrected chi connectivity index (χ1v) is 9.35. The molecule has 26 heavy (non-hydrogen) atoms. The molecule has 0 fully saturated rings. The maximum atomic E-state index is 12.7. The lowest BCUT2D eigenvalue weighted by Crippen LogP contribution is -2.37. The largest absolute Gasteiger partial charge is 0.324 e. The van der Waals surface area contributed by atoms with Crippen molar-refractivity contribution < 1.29 is 4.79 Å². The van der Waals surface area contributed by atoms with Gasteiger partial charge in [0.25, 0.3) is 0 Å². The Bertz CT molecular complexity index is 845. The number of rotatable bonds is 7. The second-order valence-corrected chi connectivity index (χ2v) is 6.57. The minimum atomic E-state index is -0.0227. The van der Waals surface area contributed by atoms with Gasteiger partial charge in [-0.05, 0) is 41.3 Å². The number of benzene rings is 3. The van der Waals surface area contributed by atoms with Gasteiger partial charge in [0, 0.05) is 18.8 Å². The van der Waals surface area contributed by atoms with Gasteiger partial charge < -0.3 is 10.2 Å². The number of nitrogens with one attached hydrogen (secondary N) is 1. The Labute approximate surface area is 155 Å². The number of hydrogen-bond donors (Lipinski definition) is 1. The SMILES string of the molecule is CCCCN(CCc1ccc2ccccc2c1)C(=O)Nc1ccccc1. The molecule has 0 heterocycles. The molecule has 0 atom stereocenters. The number of anilines is 1. The van der Waals surface area contributed by atoms with Crippen molar-refractivity contribution in [2.24, 2.45) is 0 Å². The van der Waals surface area contributed by atoms with Crippen LogP contribution in [-0.2, 0) is 6.42 Å². The van der Waals surface area contributed by atoms with Gasteiger partial charge in [0.05, 0.1) is 0 Å². The van der Waals surface area contributed by atoms with E-state index < -0.39 is 0 Å². The van der Waals surface area contributed by atoms with E-state index in [1.807, 2.05) is 35.2 Å². The summed E-state index contributed by atoms with van der Waals surface area (Å²) in [6, 6.07) is 24.5. The van der Waals surface area contributed by atoms with Gasteiger partial charge in [-0.25, -0.2) is 4.79 Å². The molecule has 0 saturated heterocycles. The highest BCUT2D eigenvalue weighted by atomic mass is 16.2. The quantitative estimate of drug-likeness (QED) is 0.583. The maximum Gasteiger partial charge on any atom is 0.321 e. The summed E-state index contributed by atoms with van der Waals surface area (Å²) < 4.78 is 0. The van der Waals surface area contributed by atoms with Gasteiger partial charge in [0.15, 0.2) is 0 Å². The van der Waals surface area contributed by atoms with Crippen LogP contribution < -0.4 is 5.32 Å². The third-order valence-electron chi connectivity index (χ3n) is 4.58. The molecule has 0 unspecified atom stereocenters. The molecule has 2 amide bonds. The van der Waals surface area contributed by atoms with E-state index in [9.17, 15) is 4.79 Å². The van der Waals surface area contributed by atoms with E-state index in [4.69, 9.17) is 0 Å². The molecule has 3 rings (SSSR count). The fourth-order valence-corrected chi connectivity index (χ4v) is 3.05. The summed E-state index contributed by atoms with van der Waals surface area (Å²) in [6.45, 7) is 3.65. The minimum Gasteiger partial charge on any atom is -0.324 e. The highest BCUT2D eigenvalue weighted by Gasteiger charge is 2.13. The molecule has 134 valence electrons. The first-order chi connectivity index (χ1) is 12.8. The third-order valence-corrected chi connectivity index (χ3v) is 4.58. The monoisotopic (exact) mass is 346 g/mol. The van der Waals surface area contributed by atoms with E-state index in [-0.39, 0.29) is 6.03 Å². The highest BCUT2D eigenvalue weighted by molar-refractivity contribution is 5.89. The highest BCUT2D eigenvalue weighted by Crippen LogP contribution is 2.16. The topological polar surface area (TPSA) is 32.3 Å². The van der Waals surface area contributed by atoms with Gasteiger partial charge in [0.2, 0.25) is 0 Å². The van der Waals surface area contributed by atoms with E-state index in [1.54, 1.807) is 0 Å². The van der Waals surface area contributed by atoms with E-state index >= 15 is 0 Å². The Morgan fingerprint density at radius 2 is 1.62 bits per heavy atom. The first-order valence-electron chi connectivity index (χ1n) is 9.35. The molecule has 0 bridgehead atoms. The second-order valence-electron chi connectivity index (χ2n) is 6.57. The Kier molecular flexibility index (Phi) is 6.26. The van der Waals surface area contributed by atoms with Crippen molar-refractivity contribution in [3.63, 3.8) is 0 Å². The molecular formula is C23H26N2O. The molecule has 0 saturated carbocycles. The van der Waals surface area contributed by atoms with E-state index in [0.717, 1.165) is 38.0 Å². The summed E-state index contributed by atoms with van der Waals surface area (Å²) in [5.74, 6) is 0. The van der Waals surface area contributed by atoms with Gasteiger partial charge in [-0.3, -0.25) is 0 Å². The first kappa shape index (κ1) is 18.0. The normalized spacial score (nSPS) is 10.7. The number of nitrogens with zero attached hydrogens (tertiary/aromatic N) is 1. The van der Waals surface area contributed by atoms with Crippen molar-refractivity contribution in [2.45, 2.75) is 26.2 Å². The number of fused-ring (bicyclic) bond motifs is 1. The maximum absolute atomic E-state index is 12.7. The van der Waals surface area contributed by atoms with E-state index in [0.29, 0.717) is 0 Å². The zero-order chi connectivity index (χ0) is 18.2. The molecule has 3 heteroatoms. The van der Waals surface area contributed by atoms with E-state index in [2.05, 4.69) is 54.7 Å². The van der Waals surface area contributed by atoms with Crippen molar-refractivity contribution in [3.8, 4) is 0 Å². The summed E-state index contributed by atoms with van der Waals surface area (Å²) in [5, 5.41) is 5.50. The average molecular weight is 346 g/mol. The van der Waals surface area contributed by atoms with Crippen LogP contribution in [0.1, 0.15) is 25.3 Å². The Balaban J connectivity index is 1.65. The molecule has 3 aromatic rings. The summed E-state index contributed by atoms with van der Waals surface area (Å²) >= 11 is 0. The zero-order valence-electron chi connectivity index (χ0n) is 15.3. The molecule has 0 aliphatic heterocycles. The molecule has 3 nitrogen and oxygen atoms in total. The van der Waals surface area contributed by atoms with Gasteiger partial charge in [-0.1, -0.05) is 74.0 Å². The average Bonchev–Trinajstić information content (AvgIpc) is 2.68. The van der Waals surface area contributed by atoms with Crippen LogP contribution in [0.2, 0.25) is 0 Å². The van der Waals surface area contributed by atoms with Crippen molar-refractivity contribution in [3.05, 3.63) is 78.4 Å². The minimum absolute atomic E-state index is 0.0227. The molecule has 0 spiro atoms. The number of amides is 2. The molecule has 0 aliphatic rings. The summed E-state index contributed by atoms with van der Waals surface area (Å²) in [5.41, 5.74) is 2.10. The smallest absolute Gasteiger partial charge is 0.321 e. The number of carbonyl (C=O) groups is 1. The fourth-order valence-electron chi connectivity index (χ4n) is 3.05. The van der Waals surface area contributed by atoms with Gasteiger partial charge >= 0.3 is 6.03 Å². The Hall–Kier alpha value is -2.81. The predicted octanol–water partition coefficient (Wildman–Crippen LogP) is 5.72. The Morgan fingerprint density at radius 1 is 0.885 bits per heavy atom. The van der Waals surface area contributed by atoms with E-state index in [1.165, 1.54) is 16.3 Å². The van der Waals surface area contributed by atoms with Crippen LogP contribution in [0.25, 0.3) is 10.8 Å². The lowest BCUT2D eigenvalue weighted by Gasteiger charge is -2.23. The lowest BCUT2D eigenvalue weighted by atomic mass is 10.0.